The van der Waals surface area contributed by atoms with Crippen LogP contribution in [0.25, 0.3) is 0 Å². The van der Waals surface area contributed by atoms with Gasteiger partial charge in [-0.1, -0.05) is 30.0 Å². The number of carbonyl (C=O) groups excluding carboxylic acids is 3. The van der Waals surface area contributed by atoms with Crippen LogP contribution in [0.2, 0.25) is 0 Å². The van der Waals surface area contributed by atoms with Crippen LogP contribution in [0.4, 0.5) is 25.1 Å². The van der Waals surface area contributed by atoms with Crippen molar-refractivity contribution in [3.05, 3.63) is 83.3 Å². The van der Waals surface area contributed by atoms with Gasteiger partial charge in [0.25, 0.3) is 5.91 Å². The Morgan fingerprint density at radius 3 is 2.30 bits per heavy atom. The lowest BCUT2D eigenvalue weighted by Gasteiger charge is -2.51. The molecule has 0 spiro atoms. The lowest BCUT2D eigenvalue weighted by molar-refractivity contribution is -0.137. The molecule has 186 valence electrons. The van der Waals surface area contributed by atoms with Crippen LogP contribution in [0.3, 0.4) is 0 Å². The number of anilines is 2. The van der Waals surface area contributed by atoms with Gasteiger partial charge in [-0.3, -0.25) is 19.5 Å². The normalized spacial score (nSPS) is 19.5. The molecule has 3 heterocycles. The maximum absolute atomic E-state index is 15.1. The molecule has 1 unspecified atom stereocenters. The summed E-state index contributed by atoms with van der Waals surface area (Å²) in [4.78, 5) is 51.3. The predicted molar refractivity (Wildman–Crippen MR) is 131 cm³/mol. The maximum Gasteiger partial charge on any atom is 0.332 e. The lowest BCUT2D eigenvalue weighted by atomic mass is 9.88. The van der Waals surface area contributed by atoms with Crippen molar-refractivity contribution in [1.82, 2.24) is 14.9 Å². The smallest absolute Gasteiger partial charge is 0.307 e. The number of nitrogens with zero attached hydrogens (tertiary/aromatic N) is 5. The molecule has 2 fully saturated rings. The van der Waals surface area contributed by atoms with Crippen molar-refractivity contribution >= 4 is 29.4 Å². The van der Waals surface area contributed by atoms with E-state index in [1.54, 1.807) is 37.4 Å². The van der Waals surface area contributed by atoms with Crippen LogP contribution >= 0.6 is 0 Å². The Balaban J connectivity index is 1.44. The van der Waals surface area contributed by atoms with Crippen molar-refractivity contribution in [3.63, 3.8) is 0 Å². The fourth-order valence-corrected chi connectivity index (χ4v) is 4.57. The fourth-order valence-electron chi connectivity index (χ4n) is 4.57. The number of piperazine rings is 1. The maximum atomic E-state index is 15.1. The molecule has 0 N–H and O–H groups in total. The number of hydrogen-bond acceptors (Lipinski definition) is 5. The van der Waals surface area contributed by atoms with E-state index < -0.39 is 47.1 Å². The molecule has 0 radical (unpaired) electrons. The second-order valence-electron chi connectivity index (χ2n) is 8.99. The molecule has 1 aromatic heterocycles. The van der Waals surface area contributed by atoms with Crippen LogP contribution in [-0.2, 0) is 9.59 Å². The van der Waals surface area contributed by atoms with Crippen LogP contribution in [-0.4, -0.2) is 51.3 Å². The van der Waals surface area contributed by atoms with E-state index in [1.807, 2.05) is 6.07 Å². The second-order valence-corrected chi connectivity index (χ2v) is 8.99. The van der Waals surface area contributed by atoms with Gasteiger partial charge in [-0.2, -0.15) is 0 Å². The molecule has 0 bridgehead atoms. The third-order valence-corrected chi connectivity index (χ3v) is 6.40. The number of carbonyl (C=O) groups is 3. The highest BCUT2D eigenvalue weighted by Crippen LogP contribution is 2.37. The van der Waals surface area contributed by atoms with Gasteiger partial charge in [0.05, 0.1) is 18.3 Å². The third kappa shape index (κ3) is 4.18. The lowest BCUT2D eigenvalue weighted by Crippen LogP contribution is -2.73. The minimum absolute atomic E-state index is 0.0321. The fraction of sp³-hybridized carbons (Fsp3) is 0.222. The third-order valence-electron chi connectivity index (χ3n) is 6.40. The first-order valence-electron chi connectivity index (χ1n) is 11.5. The molecule has 0 aliphatic carbocycles. The molecule has 2 aliphatic rings. The van der Waals surface area contributed by atoms with E-state index in [1.165, 1.54) is 22.9 Å². The number of aromatic nitrogens is 2. The average Bonchev–Trinajstić information content (AvgIpc) is 2.86. The average molecular weight is 501 g/mol. The molecule has 37 heavy (non-hydrogen) atoms. The molecule has 2 aliphatic heterocycles. The molecule has 2 saturated heterocycles. The van der Waals surface area contributed by atoms with E-state index in [2.05, 4.69) is 21.8 Å². The van der Waals surface area contributed by atoms with E-state index in [0.717, 1.165) is 12.1 Å². The van der Waals surface area contributed by atoms with Crippen molar-refractivity contribution in [1.29, 1.82) is 0 Å². The molecule has 10 heteroatoms. The van der Waals surface area contributed by atoms with Crippen molar-refractivity contribution in [2.75, 3.05) is 22.9 Å². The number of halogens is 2. The van der Waals surface area contributed by atoms with Crippen LogP contribution in [0.15, 0.2) is 54.9 Å². The van der Waals surface area contributed by atoms with Gasteiger partial charge in [-0.05, 0) is 38.1 Å². The Morgan fingerprint density at radius 1 is 0.946 bits per heavy atom. The molecule has 1 atom stereocenters. The number of hydrogen-bond donors (Lipinski definition) is 0. The van der Waals surface area contributed by atoms with Crippen LogP contribution < -0.4 is 9.80 Å². The molecular formula is C27H21F2N5O3. The number of benzene rings is 2. The van der Waals surface area contributed by atoms with Crippen molar-refractivity contribution in [2.45, 2.75) is 25.8 Å². The highest BCUT2D eigenvalue weighted by molar-refractivity contribution is 6.20. The first-order valence-corrected chi connectivity index (χ1v) is 11.5. The number of imide groups is 1. The highest BCUT2D eigenvalue weighted by Gasteiger charge is 2.56. The summed E-state index contributed by atoms with van der Waals surface area (Å²) < 4.78 is 30.2. The van der Waals surface area contributed by atoms with Crippen molar-refractivity contribution in [3.8, 4) is 11.8 Å². The zero-order valence-electron chi connectivity index (χ0n) is 20.0. The van der Waals surface area contributed by atoms with Gasteiger partial charge >= 0.3 is 6.03 Å². The highest BCUT2D eigenvalue weighted by atomic mass is 19.1. The van der Waals surface area contributed by atoms with E-state index >= 15 is 8.78 Å². The van der Waals surface area contributed by atoms with E-state index in [0.29, 0.717) is 22.0 Å². The molecule has 5 rings (SSSR count). The number of amides is 4. The molecule has 4 amide bonds. The Bertz CT molecular complexity index is 1480. The Morgan fingerprint density at radius 2 is 1.62 bits per heavy atom. The SMILES string of the molecule is Cc1cncc(N2CCN3C(=O)N(c4c(F)cc(C#Cc5ccccc5)cc4F)C(=O)CC3(C)C2=O)n1. The largest absolute Gasteiger partial charge is 0.332 e. The minimum atomic E-state index is -1.54. The van der Waals surface area contributed by atoms with Gasteiger partial charge in [0.1, 0.15) is 11.2 Å². The van der Waals surface area contributed by atoms with Crippen molar-refractivity contribution in [2.24, 2.45) is 0 Å². The topological polar surface area (TPSA) is 86.7 Å². The summed E-state index contributed by atoms with van der Waals surface area (Å²) >= 11 is 0. The van der Waals surface area contributed by atoms with Gasteiger partial charge in [0, 0.05) is 30.4 Å². The summed E-state index contributed by atoms with van der Waals surface area (Å²) in [6.45, 7) is 3.31. The van der Waals surface area contributed by atoms with Crippen molar-refractivity contribution < 1.29 is 23.2 Å². The summed E-state index contributed by atoms with van der Waals surface area (Å²) in [5, 5.41) is 0. The monoisotopic (exact) mass is 501 g/mol. The summed E-state index contributed by atoms with van der Waals surface area (Å²) in [6, 6.07) is 9.88. The molecular weight excluding hydrogens is 480 g/mol. The molecule has 8 nitrogen and oxygen atoms in total. The zero-order chi connectivity index (χ0) is 26.3. The molecule has 0 saturated carbocycles. The first-order chi connectivity index (χ1) is 17.7. The van der Waals surface area contributed by atoms with Gasteiger partial charge in [-0.25, -0.2) is 23.5 Å². The Labute approximate surface area is 211 Å². The number of rotatable bonds is 2. The van der Waals surface area contributed by atoms with Crippen LogP contribution in [0.5, 0.6) is 0 Å². The number of aryl methyl sites for hydroxylation is 1. The summed E-state index contributed by atoms with van der Waals surface area (Å²) in [5.74, 6) is 2.17. The number of urea groups is 1. The van der Waals surface area contributed by atoms with Gasteiger partial charge in [-0.15, -0.1) is 0 Å². The van der Waals surface area contributed by atoms with E-state index in [9.17, 15) is 14.4 Å². The van der Waals surface area contributed by atoms with Gasteiger partial charge in [0.2, 0.25) is 5.91 Å². The first kappa shape index (κ1) is 24.1. The van der Waals surface area contributed by atoms with Gasteiger partial charge in [0.15, 0.2) is 17.5 Å². The molecule has 3 aromatic rings. The summed E-state index contributed by atoms with van der Waals surface area (Å²) in [6.07, 6.45) is 2.51. The van der Waals surface area contributed by atoms with Gasteiger partial charge < -0.3 is 4.90 Å². The predicted octanol–water partition coefficient (Wildman–Crippen LogP) is 3.43. The quantitative estimate of drug-likeness (QED) is 0.503. The minimum Gasteiger partial charge on any atom is -0.307 e. The Kier molecular flexibility index (Phi) is 5.91. The zero-order valence-corrected chi connectivity index (χ0v) is 20.0. The van der Waals surface area contributed by atoms with E-state index in [-0.39, 0.29) is 18.7 Å². The van der Waals surface area contributed by atoms with Crippen LogP contribution in [0.1, 0.15) is 30.2 Å². The summed E-state index contributed by atoms with van der Waals surface area (Å²) in [5.41, 5.74) is -1.02. The molecule has 2 aromatic carbocycles. The number of fused-ring (bicyclic) bond motifs is 1. The summed E-state index contributed by atoms with van der Waals surface area (Å²) in [7, 11) is 0. The van der Waals surface area contributed by atoms with E-state index in [4.69, 9.17) is 0 Å². The second kappa shape index (κ2) is 9.09. The van der Waals surface area contributed by atoms with Crippen LogP contribution in [0, 0.1) is 30.4 Å². The standard InChI is InChI=1S/C27H21F2N5O3/c1-17-15-30-16-22(31-17)32-10-11-33-26(37)34(23(35)14-27(33,2)25(32)36)24-20(28)12-19(13-21(24)29)9-8-18-6-4-3-5-7-18/h3-7,12-13,15-16H,10-11,14H2,1-2H3. The Hall–Kier alpha value is -4.65.